The molecule has 7 heteroatoms. The Hall–Kier alpha value is -3.17. The van der Waals surface area contributed by atoms with E-state index in [2.05, 4.69) is 0 Å². The number of halogens is 1. The third-order valence-corrected chi connectivity index (χ3v) is 4.01. The molecule has 0 saturated heterocycles. The van der Waals surface area contributed by atoms with Gasteiger partial charge in [0.15, 0.2) is 11.5 Å². The number of benzene rings is 2. The molecule has 140 valence electrons. The number of hydrogen-bond donors (Lipinski definition) is 1. The number of methoxy groups -OCH3 is 1. The molecule has 0 bridgehead atoms. The highest BCUT2D eigenvalue weighted by Gasteiger charge is 2.09. The van der Waals surface area contributed by atoms with Crippen molar-refractivity contribution in [3.05, 3.63) is 58.1 Å². The molecule has 0 spiro atoms. The van der Waals surface area contributed by atoms with Crippen LogP contribution in [0.25, 0.3) is 6.08 Å². The summed E-state index contributed by atoms with van der Waals surface area (Å²) in [5.41, 5.74) is 1.09. The van der Waals surface area contributed by atoms with Crippen LogP contribution in [-0.4, -0.2) is 31.4 Å². The molecule has 0 saturated carbocycles. The van der Waals surface area contributed by atoms with E-state index in [0.717, 1.165) is 5.56 Å². The molecular formula is C20H18ClNO5. The number of carbonyl (C=O) groups is 1. The van der Waals surface area contributed by atoms with Gasteiger partial charge >= 0.3 is 5.97 Å². The van der Waals surface area contributed by atoms with Gasteiger partial charge < -0.3 is 19.3 Å². The Kier molecular flexibility index (Phi) is 7.09. The third-order valence-electron chi connectivity index (χ3n) is 3.59. The Morgan fingerprint density at radius 3 is 2.56 bits per heavy atom. The second-order valence-electron chi connectivity index (χ2n) is 5.49. The molecule has 27 heavy (non-hydrogen) atoms. The second kappa shape index (κ2) is 9.51. The molecule has 6 nitrogen and oxygen atoms in total. The lowest BCUT2D eigenvalue weighted by Crippen LogP contribution is -2.09. The van der Waals surface area contributed by atoms with E-state index in [1.54, 1.807) is 36.4 Å². The van der Waals surface area contributed by atoms with Crippen molar-refractivity contribution in [1.29, 1.82) is 5.26 Å². The Balaban J connectivity index is 1.99. The van der Waals surface area contributed by atoms with Crippen molar-refractivity contribution in [2.75, 3.05) is 20.3 Å². The van der Waals surface area contributed by atoms with Gasteiger partial charge in [0.1, 0.15) is 30.6 Å². The maximum Gasteiger partial charge on any atom is 0.346 e. The predicted molar refractivity (Wildman–Crippen MR) is 101 cm³/mol. The van der Waals surface area contributed by atoms with E-state index in [0.29, 0.717) is 34.4 Å². The lowest BCUT2D eigenvalue weighted by molar-refractivity contribution is -0.132. The van der Waals surface area contributed by atoms with Gasteiger partial charge in [0, 0.05) is 5.02 Å². The van der Waals surface area contributed by atoms with Gasteiger partial charge in [-0.1, -0.05) is 17.7 Å². The van der Waals surface area contributed by atoms with Crippen LogP contribution in [0.4, 0.5) is 0 Å². The summed E-state index contributed by atoms with van der Waals surface area (Å²) in [6.45, 7) is 2.50. The molecule has 2 rings (SSSR count). The van der Waals surface area contributed by atoms with Crippen LogP contribution in [0.15, 0.2) is 42.0 Å². The molecule has 0 atom stereocenters. The summed E-state index contributed by atoms with van der Waals surface area (Å²) in [4.78, 5) is 10.9. The SMILES string of the molecule is COc1cc(C=C(C#N)C(=O)O)ccc1OCCOc1ccc(Cl)c(C)c1. The zero-order chi connectivity index (χ0) is 19.8. The minimum absolute atomic E-state index is 0.284. The summed E-state index contributed by atoms with van der Waals surface area (Å²) in [6.07, 6.45) is 1.26. The third kappa shape index (κ3) is 5.66. The number of aliphatic carboxylic acids is 1. The Labute approximate surface area is 162 Å². The van der Waals surface area contributed by atoms with Crippen molar-refractivity contribution in [3.63, 3.8) is 0 Å². The summed E-state index contributed by atoms with van der Waals surface area (Å²) >= 11 is 5.98. The van der Waals surface area contributed by atoms with Crippen LogP contribution in [0.3, 0.4) is 0 Å². The van der Waals surface area contributed by atoms with Crippen LogP contribution in [0.1, 0.15) is 11.1 Å². The first kappa shape index (κ1) is 20.1. The minimum Gasteiger partial charge on any atom is -0.493 e. The van der Waals surface area contributed by atoms with E-state index < -0.39 is 5.97 Å². The van der Waals surface area contributed by atoms with Gasteiger partial charge in [0.2, 0.25) is 0 Å². The van der Waals surface area contributed by atoms with Crippen molar-refractivity contribution < 1.29 is 24.1 Å². The van der Waals surface area contributed by atoms with Crippen molar-refractivity contribution in [2.24, 2.45) is 0 Å². The molecule has 0 amide bonds. The average molecular weight is 388 g/mol. The highest BCUT2D eigenvalue weighted by molar-refractivity contribution is 6.31. The maximum absolute atomic E-state index is 10.9. The first-order valence-corrected chi connectivity index (χ1v) is 8.37. The second-order valence-corrected chi connectivity index (χ2v) is 5.90. The molecule has 0 aliphatic heterocycles. The van der Waals surface area contributed by atoms with E-state index in [1.807, 2.05) is 13.0 Å². The molecule has 0 fully saturated rings. The first-order valence-electron chi connectivity index (χ1n) is 7.99. The van der Waals surface area contributed by atoms with Crippen LogP contribution < -0.4 is 14.2 Å². The molecule has 0 unspecified atom stereocenters. The normalized spacial score (nSPS) is 10.8. The molecular weight excluding hydrogens is 370 g/mol. The summed E-state index contributed by atoms with van der Waals surface area (Å²) in [6, 6.07) is 11.9. The van der Waals surface area contributed by atoms with Crippen LogP contribution in [0, 0.1) is 18.3 Å². The smallest absolute Gasteiger partial charge is 0.346 e. The van der Waals surface area contributed by atoms with Gasteiger partial charge in [-0.05, 0) is 54.5 Å². The molecule has 0 radical (unpaired) electrons. The molecule has 0 heterocycles. The average Bonchev–Trinajstić information content (AvgIpc) is 2.66. The Bertz CT molecular complexity index is 902. The predicted octanol–water partition coefficient (Wildman–Crippen LogP) is 4.11. The zero-order valence-electron chi connectivity index (χ0n) is 14.9. The summed E-state index contributed by atoms with van der Waals surface area (Å²) < 4.78 is 16.5. The Morgan fingerprint density at radius 2 is 1.93 bits per heavy atom. The maximum atomic E-state index is 10.9. The van der Waals surface area contributed by atoms with Gasteiger partial charge in [-0.2, -0.15) is 5.26 Å². The van der Waals surface area contributed by atoms with Crippen LogP contribution >= 0.6 is 11.6 Å². The fourth-order valence-electron chi connectivity index (χ4n) is 2.22. The quantitative estimate of drug-likeness (QED) is 0.416. The molecule has 0 aromatic heterocycles. The van der Waals surface area contributed by atoms with E-state index >= 15 is 0 Å². The monoisotopic (exact) mass is 387 g/mol. The fraction of sp³-hybridized carbons (Fsp3) is 0.200. The van der Waals surface area contributed by atoms with Gasteiger partial charge in [0.05, 0.1) is 7.11 Å². The lowest BCUT2D eigenvalue weighted by Gasteiger charge is -2.12. The highest BCUT2D eigenvalue weighted by atomic mass is 35.5. The van der Waals surface area contributed by atoms with Crippen LogP contribution in [0.5, 0.6) is 17.2 Å². The first-order chi connectivity index (χ1) is 12.9. The Morgan fingerprint density at radius 1 is 1.19 bits per heavy atom. The minimum atomic E-state index is -1.29. The number of aryl methyl sites for hydroxylation is 1. The van der Waals surface area contributed by atoms with Crippen LogP contribution in [-0.2, 0) is 4.79 Å². The molecule has 2 aromatic rings. The van der Waals surface area contributed by atoms with Crippen molar-refractivity contribution in [3.8, 4) is 23.3 Å². The van der Waals surface area contributed by atoms with E-state index in [4.69, 9.17) is 36.2 Å². The number of nitrogens with zero attached hydrogens (tertiary/aromatic N) is 1. The van der Waals surface area contributed by atoms with Gasteiger partial charge in [-0.15, -0.1) is 0 Å². The number of hydrogen-bond acceptors (Lipinski definition) is 5. The standard InChI is InChI=1S/C20H18ClNO5/c1-13-9-16(4-5-17(13)21)26-7-8-27-18-6-3-14(11-19(18)25-2)10-15(12-22)20(23)24/h3-6,9-11H,7-8H2,1-2H3,(H,23,24). The number of carboxylic acids is 1. The molecule has 1 N–H and O–H groups in total. The summed E-state index contributed by atoms with van der Waals surface area (Å²) in [5, 5.41) is 18.4. The van der Waals surface area contributed by atoms with Crippen molar-refractivity contribution >= 4 is 23.6 Å². The molecule has 0 aliphatic carbocycles. The van der Waals surface area contributed by atoms with Gasteiger partial charge in [-0.25, -0.2) is 4.79 Å². The topological polar surface area (TPSA) is 88.8 Å². The largest absolute Gasteiger partial charge is 0.493 e. The van der Waals surface area contributed by atoms with Crippen LogP contribution in [0.2, 0.25) is 5.02 Å². The molecule has 2 aromatic carbocycles. The van der Waals surface area contributed by atoms with E-state index in [-0.39, 0.29) is 12.2 Å². The number of carboxylic acid groups (broad SMARTS) is 1. The molecule has 0 aliphatic rings. The van der Waals surface area contributed by atoms with Crippen molar-refractivity contribution in [2.45, 2.75) is 6.92 Å². The number of nitriles is 1. The van der Waals surface area contributed by atoms with Crippen molar-refractivity contribution in [1.82, 2.24) is 0 Å². The lowest BCUT2D eigenvalue weighted by atomic mass is 10.1. The fourth-order valence-corrected chi connectivity index (χ4v) is 2.34. The number of ether oxygens (including phenoxy) is 3. The summed E-state index contributed by atoms with van der Waals surface area (Å²) in [7, 11) is 1.48. The highest BCUT2D eigenvalue weighted by Crippen LogP contribution is 2.29. The van der Waals surface area contributed by atoms with E-state index in [1.165, 1.54) is 13.2 Å². The summed E-state index contributed by atoms with van der Waals surface area (Å²) in [5.74, 6) is 0.324. The van der Waals surface area contributed by atoms with Gasteiger partial charge in [-0.3, -0.25) is 0 Å². The number of rotatable bonds is 8. The van der Waals surface area contributed by atoms with E-state index in [9.17, 15) is 4.79 Å². The zero-order valence-corrected chi connectivity index (χ0v) is 15.6. The van der Waals surface area contributed by atoms with Gasteiger partial charge in [0.25, 0.3) is 0 Å².